The van der Waals surface area contributed by atoms with Crippen LogP contribution in [0.3, 0.4) is 0 Å². The molecule has 1 aliphatic rings. The minimum Gasteiger partial charge on any atom is -0.490 e. The van der Waals surface area contributed by atoms with Crippen molar-refractivity contribution in [2.24, 2.45) is 0 Å². The Hall–Kier alpha value is -2.53. The number of rotatable bonds is 7. The second kappa shape index (κ2) is 9.79. The number of ether oxygens (including phenoxy) is 2. The lowest BCUT2D eigenvalue weighted by Crippen LogP contribution is -2.35. The van der Waals surface area contributed by atoms with E-state index in [9.17, 15) is 4.79 Å². The Balaban J connectivity index is 1.56. The first kappa shape index (κ1) is 21.2. The number of hydrogen-bond donors (Lipinski definition) is 1. The van der Waals surface area contributed by atoms with E-state index in [0.717, 1.165) is 48.7 Å². The average Bonchev–Trinajstić information content (AvgIpc) is 2.70. The third kappa shape index (κ3) is 5.97. The maximum atomic E-state index is 12.7. The second-order valence-electron chi connectivity index (χ2n) is 7.92. The number of carbonyl (C=O) groups is 1. The second-order valence-corrected chi connectivity index (χ2v) is 7.92. The van der Waals surface area contributed by atoms with E-state index >= 15 is 0 Å². The highest BCUT2D eigenvalue weighted by molar-refractivity contribution is 5.94. The van der Waals surface area contributed by atoms with Crippen LogP contribution in [0.4, 0.5) is 5.69 Å². The van der Waals surface area contributed by atoms with Gasteiger partial charge in [0.25, 0.3) is 5.91 Å². The fourth-order valence-corrected chi connectivity index (χ4v) is 3.54. The predicted octanol–water partition coefficient (Wildman–Crippen LogP) is 4.57. The zero-order valence-electron chi connectivity index (χ0n) is 17.9. The Labute approximate surface area is 174 Å². The van der Waals surface area contributed by atoms with Crippen LogP contribution in [0.25, 0.3) is 0 Å². The SMILES string of the molecule is CCC(Oc1ccc(C)cc1C)C(=O)Nc1ccc(OC2CCN(C)CC2)cc1. The molecule has 29 heavy (non-hydrogen) atoms. The zero-order valence-corrected chi connectivity index (χ0v) is 17.9. The molecule has 0 bridgehead atoms. The van der Waals surface area contributed by atoms with Crippen molar-refractivity contribution in [3.05, 3.63) is 53.6 Å². The van der Waals surface area contributed by atoms with Crippen LogP contribution in [-0.2, 0) is 4.79 Å². The molecule has 0 radical (unpaired) electrons. The van der Waals surface area contributed by atoms with Crippen molar-refractivity contribution in [1.29, 1.82) is 0 Å². The van der Waals surface area contributed by atoms with Crippen molar-refractivity contribution in [2.45, 2.75) is 52.2 Å². The molecule has 1 heterocycles. The van der Waals surface area contributed by atoms with Crippen molar-refractivity contribution < 1.29 is 14.3 Å². The van der Waals surface area contributed by atoms with E-state index in [1.54, 1.807) is 0 Å². The molecular weight excluding hydrogens is 364 g/mol. The lowest BCUT2D eigenvalue weighted by atomic mass is 10.1. The smallest absolute Gasteiger partial charge is 0.265 e. The quantitative estimate of drug-likeness (QED) is 0.745. The number of likely N-dealkylation sites (tertiary alicyclic amines) is 1. The molecule has 3 rings (SSSR count). The van der Waals surface area contributed by atoms with Crippen LogP contribution < -0.4 is 14.8 Å². The largest absolute Gasteiger partial charge is 0.490 e. The molecule has 5 heteroatoms. The van der Waals surface area contributed by atoms with Crippen LogP contribution in [0.1, 0.15) is 37.3 Å². The Kier molecular flexibility index (Phi) is 7.15. The summed E-state index contributed by atoms with van der Waals surface area (Å²) in [5.74, 6) is 1.45. The molecule has 1 atom stereocenters. The van der Waals surface area contributed by atoms with Crippen molar-refractivity contribution in [1.82, 2.24) is 4.90 Å². The minimum atomic E-state index is -0.536. The molecule has 1 fully saturated rings. The zero-order chi connectivity index (χ0) is 20.8. The van der Waals surface area contributed by atoms with Crippen molar-refractivity contribution in [2.75, 3.05) is 25.5 Å². The van der Waals surface area contributed by atoms with E-state index < -0.39 is 6.10 Å². The highest BCUT2D eigenvalue weighted by Gasteiger charge is 2.20. The first-order valence-corrected chi connectivity index (χ1v) is 10.4. The van der Waals surface area contributed by atoms with Gasteiger partial charge in [-0.15, -0.1) is 0 Å². The topological polar surface area (TPSA) is 50.8 Å². The number of benzene rings is 2. The Morgan fingerprint density at radius 1 is 1.14 bits per heavy atom. The van der Waals surface area contributed by atoms with Crippen molar-refractivity contribution >= 4 is 11.6 Å². The van der Waals surface area contributed by atoms with Gasteiger partial charge < -0.3 is 19.7 Å². The van der Waals surface area contributed by atoms with E-state index in [0.29, 0.717) is 6.42 Å². The molecule has 0 aliphatic carbocycles. The number of aryl methyl sites for hydroxylation is 2. The Bertz CT molecular complexity index is 811. The van der Waals surface area contributed by atoms with Gasteiger partial charge in [-0.1, -0.05) is 24.6 Å². The van der Waals surface area contributed by atoms with Crippen LogP contribution in [0.5, 0.6) is 11.5 Å². The molecular formula is C24H32N2O3. The number of hydrogen-bond acceptors (Lipinski definition) is 4. The van der Waals surface area contributed by atoms with Crippen LogP contribution in [0, 0.1) is 13.8 Å². The monoisotopic (exact) mass is 396 g/mol. The van der Waals surface area contributed by atoms with Crippen LogP contribution in [-0.4, -0.2) is 43.2 Å². The van der Waals surface area contributed by atoms with Gasteiger partial charge in [0.2, 0.25) is 0 Å². The number of nitrogens with zero attached hydrogens (tertiary/aromatic N) is 1. The number of amides is 1. The fraction of sp³-hybridized carbons (Fsp3) is 0.458. The summed E-state index contributed by atoms with van der Waals surface area (Å²) in [5.41, 5.74) is 2.95. The summed E-state index contributed by atoms with van der Waals surface area (Å²) in [6, 6.07) is 13.6. The molecule has 156 valence electrons. The van der Waals surface area contributed by atoms with Gasteiger partial charge >= 0.3 is 0 Å². The molecule has 0 spiro atoms. The standard InChI is InChI=1S/C24H32N2O3/c1-5-22(29-23-11-6-17(2)16-18(23)3)24(27)25-19-7-9-20(10-8-19)28-21-12-14-26(4)15-13-21/h6-11,16,21-22H,5,12-15H2,1-4H3,(H,25,27). The molecule has 1 aliphatic heterocycles. The lowest BCUT2D eigenvalue weighted by Gasteiger charge is -2.29. The van der Waals surface area contributed by atoms with E-state index in [4.69, 9.17) is 9.47 Å². The summed E-state index contributed by atoms with van der Waals surface area (Å²) < 4.78 is 12.0. The van der Waals surface area contributed by atoms with Crippen LogP contribution in [0.2, 0.25) is 0 Å². The van der Waals surface area contributed by atoms with E-state index in [1.807, 2.05) is 57.2 Å². The Morgan fingerprint density at radius 3 is 2.45 bits per heavy atom. The number of anilines is 1. The van der Waals surface area contributed by atoms with Crippen molar-refractivity contribution in [3.8, 4) is 11.5 Å². The summed E-state index contributed by atoms with van der Waals surface area (Å²) in [7, 11) is 2.14. The van der Waals surface area contributed by atoms with Gasteiger partial charge in [-0.3, -0.25) is 4.79 Å². The van der Waals surface area contributed by atoms with Gasteiger partial charge in [0.15, 0.2) is 6.10 Å². The van der Waals surface area contributed by atoms with E-state index in [1.165, 1.54) is 5.56 Å². The molecule has 2 aromatic rings. The lowest BCUT2D eigenvalue weighted by molar-refractivity contribution is -0.122. The summed E-state index contributed by atoms with van der Waals surface area (Å²) in [6.07, 6.45) is 2.41. The van der Waals surface area contributed by atoms with Crippen molar-refractivity contribution in [3.63, 3.8) is 0 Å². The third-order valence-corrected chi connectivity index (χ3v) is 5.35. The number of carbonyl (C=O) groups excluding carboxylic acids is 1. The first-order valence-electron chi connectivity index (χ1n) is 10.4. The van der Waals surface area contributed by atoms with E-state index in [-0.39, 0.29) is 12.0 Å². The Morgan fingerprint density at radius 2 is 1.83 bits per heavy atom. The van der Waals surface area contributed by atoms with E-state index in [2.05, 4.69) is 23.3 Å². The van der Waals surface area contributed by atoms with Crippen LogP contribution >= 0.6 is 0 Å². The number of piperidine rings is 1. The third-order valence-electron chi connectivity index (χ3n) is 5.35. The summed E-state index contributed by atoms with van der Waals surface area (Å²) in [4.78, 5) is 15.0. The van der Waals surface area contributed by atoms with Gasteiger partial charge in [-0.05, 0) is 76.1 Å². The molecule has 1 saturated heterocycles. The highest BCUT2D eigenvalue weighted by Crippen LogP contribution is 2.23. The summed E-state index contributed by atoms with van der Waals surface area (Å²) in [5, 5.41) is 2.95. The normalized spacial score (nSPS) is 16.3. The van der Waals surface area contributed by atoms with Gasteiger partial charge in [-0.25, -0.2) is 0 Å². The minimum absolute atomic E-state index is 0.142. The maximum Gasteiger partial charge on any atom is 0.265 e. The molecule has 1 unspecified atom stereocenters. The first-order chi connectivity index (χ1) is 13.9. The van der Waals surface area contributed by atoms with Gasteiger partial charge in [0, 0.05) is 18.8 Å². The number of nitrogens with one attached hydrogen (secondary N) is 1. The molecule has 1 amide bonds. The molecule has 0 aromatic heterocycles. The molecule has 2 aromatic carbocycles. The average molecular weight is 397 g/mol. The maximum absolute atomic E-state index is 12.7. The fourth-order valence-electron chi connectivity index (χ4n) is 3.54. The highest BCUT2D eigenvalue weighted by atomic mass is 16.5. The summed E-state index contributed by atoms with van der Waals surface area (Å²) in [6.45, 7) is 8.12. The van der Waals surface area contributed by atoms with Crippen LogP contribution in [0.15, 0.2) is 42.5 Å². The van der Waals surface area contributed by atoms with Gasteiger partial charge in [0.1, 0.15) is 17.6 Å². The predicted molar refractivity (Wildman–Crippen MR) is 117 cm³/mol. The molecule has 5 nitrogen and oxygen atoms in total. The van der Waals surface area contributed by atoms with Gasteiger partial charge in [-0.2, -0.15) is 0 Å². The van der Waals surface area contributed by atoms with Gasteiger partial charge in [0.05, 0.1) is 0 Å². The summed E-state index contributed by atoms with van der Waals surface area (Å²) >= 11 is 0. The molecule has 0 saturated carbocycles. The molecule has 1 N–H and O–H groups in total.